The molecule has 0 spiro atoms. The summed E-state index contributed by atoms with van der Waals surface area (Å²) in [6.07, 6.45) is 3.94. The Balaban J connectivity index is 2.59. The second-order valence-electron chi connectivity index (χ2n) is 5.04. The summed E-state index contributed by atoms with van der Waals surface area (Å²) >= 11 is 6.07. The average Bonchev–Trinajstić information content (AvgIpc) is 2.55. The highest BCUT2D eigenvalue weighted by molar-refractivity contribution is 6.18. The zero-order valence-electron chi connectivity index (χ0n) is 8.78. The van der Waals surface area contributed by atoms with Crippen molar-refractivity contribution >= 4 is 11.6 Å². The van der Waals surface area contributed by atoms with E-state index in [0.29, 0.717) is 10.8 Å². The maximum atomic E-state index is 6.07. The fourth-order valence-electron chi connectivity index (χ4n) is 2.65. The molecule has 1 fully saturated rings. The highest BCUT2D eigenvalue weighted by Crippen LogP contribution is 2.68. The van der Waals surface area contributed by atoms with Crippen LogP contribution in [0.4, 0.5) is 0 Å². The van der Waals surface area contributed by atoms with Gasteiger partial charge in [0, 0.05) is 5.88 Å². The van der Waals surface area contributed by atoms with E-state index in [1.807, 2.05) is 0 Å². The summed E-state index contributed by atoms with van der Waals surface area (Å²) < 4.78 is 0. The molecule has 0 aromatic carbocycles. The molecule has 1 aliphatic carbocycles. The Labute approximate surface area is 81.7 Å². The van der Waals surface area contributed by atoms with Gasteiger partial charge in [-0.2, -0.15) is 0 Å². The standard InChI is InChI=1S/C11H21Cl/c1-5-6-9(2)11(8-12)7-10(11,3)4/h9H,5-8H2,1-4H3. The van der Waals surface area contributed by atoms with E-state index in [4.69, 9.17) is 11.6 Å². The molecule has 0 radical (unpaired) electrons. The molecule has 1 saturated carbocycles. The molecule has 0 nitrogen and oxygen atoms in total. The van der Waals surface area contributed by atoms with E-state index < -0.39 is 0 Å². The van der Waals surface area contributed by atoms with Crippen molar-refractivity contribution in [1.82, 2.24) is 0 Å². The van der Waals surface area contributed by atoms with Crippen LogP contribution >= 0.6 is 11.6 Å². The fraction of sp³-hybridized carbons (Fsp3) is 1.00. The Morgan fingerprint density at radius 1 is 1.42 bits per heavy atom. The van der Waals surface area contributed by atoms with Gasteiger partial charge in [-0.3, -0.25) is 0 Å². The zero-order chi connectivity index (χ0) is 9.41. The van der Waals surface area contributed by atoms with Gasteiger partial charge < -0.3 is 0 Å². The van der Waals surface area contributed by atoms with Gasteiger partial charge in [-0.05, 0) is 23.2 Å². The highest BCUT2D eigenvalue weighted by atomic mass is 35.5. The van der Waals surface area contributed by atoms with Crippen molar-refractivity contribution in [1.29, 1.82) is 0 Å². The minimum absolute atomic E-state index is 0.463. The van der Waals surface area contributed by atoms with Gasteiger partial charge in [0.25, 0.3) is 0 Å². The van der Waals surface area contributed by atoms with Gasteiger partial charge in [-0.15, -0.1) is 11.6 Å². The molecule has 0 N–H and O–H groups in total. The van der Waals surface area contributed by atoms with Crippen molar-refractivity contribution in [2.24, 2.45) is 16.7 Å². The molecule has 0 bridgehead atoms. The quantitative estimate of drug-likeness (QED) is 0.584. The van der Waals surface area contributed by atoms with Crippen LogP contribution in [0.25, 0.3) is 0 Å². The third-order valence-electron chi connectivity index (χ3n) is 3.88. The highest BCUT2D eigenvalue weighted by Gasteiger charge is 2.62. The lowest BCUT2D eigenvalue weighted by atomic mass is 9.83. The molecule has 12 heavy (non-hydrogen) atoms. The number of hydrogen-bond donors (Lipinski definition) is 0. The monoisotopic (exact) mass is 188 g/mol. The third-order valence-corrected chi connectivity index (χ3v) is 4.36. The van der Waals surface area contributed by atoms with Crippen LogP contribution in [0.1, 0.15) is 47.0 Å². The average molecular weight is 189 g/mol. The molecule has 2 atom stereocenters. The molecular weight excluding hydrogens is 168 g/mol. The number of halogens is 1. The second-order valence-corrected chi connectivity index (χ2v) is 5.31. The smallest absolute Gasteiger partial charge is 0.0287 e. The molecule has 72 valence electrons. The molecule has 0 aliphatic heterocycles. The van der Waals surface area contributed by atoms with E-state index in [2.05, 4.69) is 27.7 Å². The van der Waals surface area contributed by atoms with E-state index in [0.717, 1.165) is 11.8 Å². The lowest BCUT2D eigenvalue weighted by Gasteiger charge is -2.25. The normalized spacial score (nSPS) is 34.8. The molecule has 1 aliphatic rings. The van der Waals surface area contributed by atoms with Gasteiger partial charge in [0.2, 0.25) is 0 Å². The van der Waals surface area contributed by atoms with Crippen LogP contribution in [0.15, 0.2) is 0 Å². The second kappa shape index (κ2) is 3.21. The van der Waals surface area contributed by atoms with Crippen molar-refractivity contribution in [2.45, 2.75) is 47.0 Å². The first kappa shape index (κ1) is 10.4. The molecule has 1 heteroatoms. The lowest BCUT2D eigenvalue weighted by molar-refractivity contribution is 0.276. The van der Waals surface area contributed by atoms with Crippen LogP contribution in [0.5, 0.6) is 0 Å². The van der Waals surface area contributed by atoms with Crippen LogP contribution < -0.4 is 0 Å². The Bertz CT molecular complexity index is 162. The minimum atomic E-state index is 0.463. The number of hydrogen-bond acceptors (Lipinski definition) is 0. The summed E-state index contributed by atoms with van der Waals surface area (Å²) in [5.41, 5.74) is 0.966. The van der Waals surface area contributed by atoms with E-state index >= 15 is 0 Å². The van der Waals surface area contributed by atoms with Gasteiger partial charge in [-0.25, -0.2) is 0 Å². The molecule has 0 saturated heterocycles. The van der Waals surface area contributed by atoms with E-state index in [-0.39, 0.29) is 0 Å². The van der Waals surface area contributed by atoms with Gasteiger partial charge in [-0.1, -0.05) is 40.5 Å². The Morgan fingerprint density at radius 2 is 1.92 bits per heavy atom. The lowest BCUT2D eigenvalue weighted by Crippen LogP contribution is -2.20. The van der Waals surface area contributed by atoms with Crippen LogP contribution in [0.3, 0.4) is 0 Å². The van der Waals surface area contributed by atoms with Crippen molar-refractivity contribution in [2.75, 3.05) is 5.88 Å². The van der Waals surface area contributed by atoms with Crippen LogP contribution in [-0.2, 0) is 0 Å². The summed E-state index contributed by atoms with van der Waals surface area (Å²) in [6, 6.07) is 0. The maximum absolute atomic E-state index is 6.07. The summed E-state index contributed by atoms with van der Waals surface area (Å²) in [5, 5.41) is 0. The van der Waals surface area contributed by atoms with Crippen molar-refractivity contribution in [3.63, 3.8) is 0 Å². The Morgan fingerprint density at radius 3 is 2.17 bits per heavy atom. The Kier molecular flexibility index (Phi) is 2.78. The fourth-order valence-corrected chi connectivity index (χ4v) is 3.37. The van der Waals surface area contributed by atoms with E-state index in [1.165, 1.54) is 19.3 Å². The predicted octanol–water partition coefficient (Wildman–Crippen LogP) is 4.08. The summed E-state index contributed by atoms with van der Waals surface area (Å²) in [6.45, 7) is 9.32. The largest absolute Gasteiger partial charge is 0.126 e. The maximum Gasteiger partial charge on any atom is 0.0287 e. The summed E-state index contributed by atoms with van der Waals surface area (Å²) in [4.78, 5) is 0. The molecular formula is C11H21Cl. The molecule has 0 amide bonds. The van der Waals surface area contributed by atoms with E-state index in [1.54, 1.807) is 0 Å². The topological polar surface area (TPSA) is 0 Å². The third kappa shape index (κ3) is 1.39. The first-order valence-electron chi connectivity index (χ1n) is 5.06. The van der Waals surface area contributed by atoms with Gasteiger partial charge in [0.15, 0.2) is 0 Å². The van der Waals surface area contributed by atoms with Gasteiger partial charge >= 0.3 is 0 Å². The van der Waals surface area contributed by atoms with Crippen molar-refractivity contribution in [3.05, 3.63) is 0 Å². The van der Waals surface area contributed by atoms with Crippen LogP contribution in [0, 0.1) is 16.7 Å². The predicted molar refractivity (Wildman–Crippen MR) is 55.6 cm³/mol. The van der Waals surface area contributed by atoms with Crippen molar-refractivity contribution < 1.29 is 0 Å². The molecule has 0 aromatic rings. The van der Waals surface area contributed by atoms with E-state index in [9.17, 15) is 0 Å². The summed E-state index contributed by atoms with van der Waals surface area (Å²) in [5.74, 6) is 1.65. The Hall–Kier alpha value is 0.290. The molecule has 0 heterocycles. The molecule has 0 aromatic heterocycles. The SMILES string of the molecule is CCCC(C)C1(CCl)CC1(C)C. The number of rotatable bonds is 4. The zero-order valence-corrected chi connectivity index (χ0v) is 9.54. The summed E-state index contributed by atoms with van der Waals surface area (Å²) in [7, 11) is 0. The van der Waals surface area contributed by atoms with Gasteiger partial charge in [0.05, 0.1) is 0 Å². The van der Waals surface area contributed by atoms with Crippen LogP contribution in [-0.4, -0.2) is 5.88 Å². The first-order valence-corrected chi connectivity index (χ1v) is 5.59. The first-order chi connectivity index (χ1) is 5.50. The van der Waals surface area contributed by atoms with Crippen molar-refractivity contribution in [3.8, 4) is 0 Å². The number of alkyl halides is 1. The molecule has 1 rings (SSSR count). The molecule has 2 unspecified atom stereocenters. The van der Waals surface area contributed by atoms with Crippen LogP contribution in [0.2, 0.25) is 0 Å². The minimum Gasteiger partial charge on any atom is -0.126 e. The van der Waals surface area contributed by atoms with Gasteiger partial charge in [0.1, 0.15) is 0 Å².